The van der Waals surface area contributed by atoms with E-state index in [9.17, 15) is 4.79 Å². The summed E-state index contributed by atoms with van der Waals surface area (Å²) in [6.45, 7) is 3.75. The van der Waals surface area contributed by atoms with Crippen molar-refractivity contribution in [3.05, 3.63) is 22.5 Å². The Kier molecular flexibility index (Phi) is 3.33. The van der Waals surface area contributed by atoms with Crippen LogP contribution in [0.1, 0.15) is 21.1 Å². The molecule has 0 saturated heterocycles. The number of aryl methyl sites for hydroxylation is 3. The number of rotatable bonds is 3. The Balaban J connectivity index is 2.25. The summed E-state index contributed by atoms with van der Waals surface area (Å²) < 4.78 is 6.39. The molecule has 0 fully saturated rings. The van der Waals surface area contributed by atoms with E-state index in [0.29, 0.717) is 10.8 Å². The van der Waals surface area contributed by atoms with Crippen molar-refractivity contribution in [3.8, 4) is 0 Å². The fourth-order valence-corrected chi connectivity index (χ4v) is 2.39. The van der Waals surface area contributed by atoms with Crippen LogP contribution in [0.2, 0.25) is 0 Å². The Hall–Kier alpha value is -1.89. The fourth-order valence-electron chi connectivity index (χ4n) is 1.57. The largest absolute Gasteiger partial charge is 0.464 e. The normalized spacial score (nSPS) is 10.4. The zero-order chi connectivity index (χ0) is 13.3. The molecule has 2 aromatic rings. The summed E-state index contributed by atoms with van der Waals surface area (Å²) in [7, 11) is 3.20. The SMILES string of the molecule is COC(=O)c1nc(Nc2cn(C)nc2C)sc1C. The van der Waals surface area contributed by atoms with Crippen molar-refractivity contribution < 1.29 is 9.53 Å². The minimum atomic E-state index is -0.417. The molecule has 0 aliphatic rings. The Morgan fingerprint density at radius 1 is 1.50 bits per heavy atom. The van der Waals surface area contributed by atoms with Gasteiger partial charge in [0.15, 0.2) is 10.8 Å². The highest BCUT2D eigenvalue weighted by molar-refractivity contribution is 7.15. The number of aromatic nitrogens is 3. The molecule has 0 aromatic carbocycles. The number of hydrogen-bond acceptors (Lipinski definition) is 6. The standard InChI is InChI=1S/C11H14N4O2S/c1-6-8(5-15(3)14-6)12-11-13-9(7(2)18-11)10(16)17-4/h5H,1-4H3,(H,12,13). The highest BCUT2D eigenvalue weighted by Gasteiger charge is 2.16. The maximum Gasteiger partial charge on any atom is 0.357 e. The van der Waals surface area contributed by atoms with E-state index in [1.165, 1.54) is 18.4 Å². The molecule has 1 N–H and O–H groups in total. The second-order valence-corrected chi connectivity index (χ2v) is 5.05. The van der Waals surface area contributed by atoms with E-state index < -0.39 is 5.97 Å². The van der Waals surface area contributed by atoms with Crippen LogP contribution in [-0.2, 0) is 11.8 Å². The van der Waals surface area contributed by atoms with Crippen molar-refractivity contribution in [1.29, 1.82) is 0 Å². The molecule has 0 unspecified atom stereocenters. The van der Waals surface area contributed by atoms with Crippen molar-refractivity contribution in [3.63, 3.8) is 0 Å². The maximum atomic E-state index is 11.4. The molecular weight excluding hydrogens is 252 g/mol. The number of hydrogen-bond donors (Lipinski definition) is 1. The molecule has 7 heteroatoms. The Morgan fingerprint density at radius 3 is 2.78 bits per heavy atom. The summed E-state index contributed by atoms with van der Waals surface area (Å²) >= 11 is 1.41. The lowest BCUT2D eigenvalue weighted by atomic mass is 10.4. The van der Waals surface area contributed by atoms with Gasteiger partial charge in [-0.15, -0.1) is 11.3 Å². The molecule has 18 heavy (non-hydrogen) atoms. The number of nitrogens with zero attached hydrogens (tertiary/aromatic N) is 3. The third kappa shape index (κ3) is 2.35. The van der Waals surface area contributed by atoms with Gasteiger partial charge in [0.1, 0.15) is 0 Å². The fraction of sp³-hybridized carbons (Fsp3) is 0.364. The molecule has 0 aliphatic carbocycles. The van der Waals surface area contributed by atoms with Crippen LogP contribution in [0.15, 0.2) is 6.20 Å². The molecule has 96 valence electrons. The molecule has 0 saturated carbocycles. The maximum absolute atomic E-state index is 11.4. The van der Waals surface area contributed by atoms with E-state index in [4.69, 9.17) is 0 Å². The summed E-state index contributed by atoms with van der Waals surface area (Å²) in [6.07, 6.45) is 1.86. The van der Waals surface area contributed by atoms with E-state index in [-0.39, 0.29) is 0 Å². The molecule has 6 nitrogen and oxygen atoms in total. The van der Waals surface area contributed by atoms with Gasteiger partial charge >= 0.3 is 5.97 Å². The topological polar surface area (TPSA) is 69.0 Å². The van der Waals surface area contributed by atoms with Gasteiger partial charge in [-0.25, -0.2) is 9.78 Å². The summed E-state index contributed by atoms with van der Waals surface area (Å²) in [5, 5.41) is 8.03. The van der Waals surface area contributed by atoms with Crippen LogP contribution >= 0.6 is 11.3 Å². The number of anilines is 2. The lowest BCUT2D eigenvalue weighted by Gasteiger charge is -1.98. The average molecular weight is 266 g/mol. The Labute approximate surface area is 109 Å². The van der Waals surface area contributed by atoms with Crippen LogP contribution in [0, 0.1) is 13.8 Å². The monoisotopic (exact) mass is 266 g/mol. The van der Waals surface area contributed by atoms with Gasteiger partial charge in [-0.3, -0.25) is 4.68 Å². The van der Waals surface area contributed by atoms with Crippen LogP contribution in [0.5, 0.6) is 0 Å². The number of carbonyl (C=O) groups excluding carboxylic acids is 1. The number of nitrogens with one attached hydrogen (secondary N) is 1. The highest BCUT2D eigenvalue weighted by Crippen LogP contribution is 2.26. The quantitative estimate of drug-likeness (QED) is 0.861. The number of carbonyl (C=O) groups is 1. The zero-order valence-electron chi connectivity index (χ0n) is 10.6. The number of ether oxygens (including phenoxy) is 1. The Bertz CT molecular complexity index is 588. The average Bonchev–Trinajstić information content (AvgIpc) is 2.82. The minimum Gasteiger partial charge on any atom is -0.464 e. The van der Waals surface area contributed by atoms with Gasteiger partial charge in [0.2, 0.25) is 0 Å². The number of methoxy groups -OCH3 is 1. The Morgan fingerprint density at radius 2 is 2.22 bits per heavy atom. The summed E-state index contributed by atoms with van der Waals surface area (Å²) in [4.78, 5) is 16.5. The second kappa shape index (κ2) is 4.77. The van der Waals surface area contributed by atoms with Gasteiger partial charge in [0.05, 0.1) is 18.5 Å². The molecule has 2 heterocycles. The molecule has 0 atom stereocenters. The van der Waals surface area contributed by atoms with Gasteiger partial charge in [0, 0.05) is 18.1 Å². The van der Waals surface area contributed by atoms with Gasteiger partial charge in [0.25, 0.3) is 0 Å². The van der Waals surface area contributed by atoms with Gasteiger partial charge in [-0.2, -0.15) is 5.10 Å². The van der Waals surface area contributed by atoms with Crippen molar-refractivity contribution >= 4 is 28.1 Å². The van der Waals surface area contributed by atoms with Crippen molar-refractivity contribution in [2.75, 3.05) is 12.4 Å². The molecule has 0 aliphatic heterocycles. The number of esters is 1. The van der Waals surface area contributed by atoms with E-state index in [1.807, 2.05) is 27.1 Å². The zero-order valence-corrected chi connectivity index (χ0v) is 11.5. The molecular formula is C11H14N4O2S. The number of thiazole rings is 1. The molecule has 2 rings (SSSR count). The van der Waals surface area contributed by atoms with Crippen LogP contribution in [0.25, 0.3) is 0 Å². The first-order valence-electron chi connectivity index (χ1n) is 5.34. The second-order valence-electron chi connectivity index (χ2n) is 3.84. The van der Waals surface area contributed by atoms with E-state index in [1.54, 1.807) is 4.68 Å². The van der Waals surface area contributed by atoms with Crippen LogP contribution in [0.4, 0.5) is 10.8 Å². The van der Waals surface area contributed by atoms with Crippen molar-refractivity contribution in [1.82, 2.24) is 14.8 Å². The summed E-state index contributed by atoms with van der Waals surface area (Å²) in [5.74, 6) is -0.417. The smallest absolute Gasteiger partial charge is 0.357 e. The highest BCUT2D eigenvalue weighted by atomic mass is 32.1. The van der Waals surface area contributed by atoms with Crippen LogP contribution < -0.4 is 5.32 Å². The predicted octanol–water partition coefficient (Wildman–Crippen LogP) is 2.02. The van der Waals surface area contributed by atoms with Gasteiger partial charge in [-0.05, 0) is 13.8 Å². The lowest BCUT2D eigenvalue weighted by molar-refractivity contribution is 0.0594. The molecule has 0 radical (unpaired) electrons. The lowest BCUT2D eigenvalue weighted by Crippen LogP contribution is -2.03. The van der Waals surface area contributed by atoms with E-state index in [2.05, 4.69) is 20.1 Å². The first kappa shape index (κ1) is 12.6. The molecule has 2 aromatic heterocycles. The van der Waals surface area contributed by atoms with E-state index >= 15 is 0 Å². The third-order valence-corrected chi connectivity index (χ3v) is 3.32. The third-order valence-electron chi connectivity index (χ3n) is 2.43. The van der Waals surface area contributed by atoms with Crippen molar-refractivity contribution in [2.45, 2.75) is 13.8 Å². The molecule has 0 amide bonds. The summed E-state index contributed by atoms with van der Waals surface area (Å²) in [6, 6.07) is 0. The van der Waals surface area contributed by atoms with Crippen LogP contribution in [-0.4, -0.2) is 27.8 Å². The van der Waals surface area contributed by atoms with Crippen LogP contribution in [0.3, 0.4) is 0 Å². The van der Waals surface area contributed by atoms with Gasteiger partial charge in [-0.1, -0.05) is 0 Å². The first-order chi connectivity index (χ1) is 8.51. The molecule has 0 spiro atoms. The van der Waals surface area contributed by atoms with Gasteiger partial charge < -0.3 is 10.1 Å². The van der Waals surface area contributed by atoms with Crippen molar-refractivity contribution in [2.24, 2.45) is 7.05 Å². The summed E-state index contributed by atoms with van der Waals surface area (Å²) in [5.41, 5.74) is 2.11. The first-order valence-corrected chi connectivity index (χ1v) is 6.16. The predicted molar refractivity (Wildman–Crippen MR) is 69.4 cm³/mol. The van der Waals surface area contributed by atoms with E-state index in [0.717, 1.165) is 16.3 Å². The minimum absolute atomic E-state index is 0.353. The molecule has 0 bridgehead atoms.